The van der Waals surface area contributed by atoms with Crippen LogP contribution in [0.5, 0.6) is 0 Å². The van der Waals surface area contributed by atoms with E-state index in [2.05, 4.69) is 37.8 Å². The molecule has 0 fully saturated rings. The fourth-order valence-corrected chi connectivity index (χ4v) is 1.96. The molecular formula is C10H9Br2N. The second-order valence-electron chi connectivity index (χ2n) is 2.68. The van der Waals surface area contributed by atoms with Gasteiger partial charge in [0, 0.05) is 21.4 Å². The van der Waals surface area contributed by atoms with Crippen LogP contribution in [0.15, 0.2) is 27.1 Å². The van der Waals surface area contributed by atoms with E-state index < -0.39 is 0 Å². The molecular weight excluding hydrogens is 294 g/mol. The van der Waals surface area contributed by atoms with E-state index >= 15 is 0 Å². The van der Waals surface area contributed by atoms with E-state index in [4.69, 9.17) is 12.2 Å². The monoisotopic (exact) mass is 301 g/mol. The van der Waals surface area contributed by atoms with Crippen LogP contribution in [0.2, 0.25) is 0 Å². The van der Waals surface area contributed by atoms with Gasteiger partial charge in [-0.1, -0.05) is 31.9 Å². The number of rotatable bonds is 2. The second-order valence-corrected chi connectivity index (χ2v) is 4.45. The number of benzene rings is 1. The lowest BCUT2D eigenvalue weighted by Gasteiger charge is -2.11. The van der Waals surface area contributed by atoms with Gasteiger partial charge >= 0.3 is 0 Å². The standard InChI is InChI=1S/C10H9Br2N/c1-2-3-10(13)8-6-7(11)4-5-9(8)12/h1,4-6,10H,3,13H2. The lowest BCUT2D eigenvalue weighted by molar-refractivity contribution is 0.750. The highest BCUT2D eigenvalue weighted by Crippen LogP contribution is 2.26. The highest BCUT2D eigenvalue weighted by Gasteiger charge is 2.08. The molecule has 0 saturated heterocycles. The Morgan fingerprint density at radius 1 is 1.46 bits per heavy atom. The van der Waals surface area contributed by atoms with Crippen LogP contribution in [0, 0.1) is 12.3 Å². The van der Waals surface area contributed by atoms with E-state index in [0.29, 0.717) is 6.42 Å². The Morgan fingerprint density at radius 3 is 2.77 bits per heavy atom. The lowest BCUT2D eigenvalue weighted by atomic mass is 10.1. The van der Waals surface area contributed by atoms with Crippen LogP contribution >= 0.6 is 31.9 Å². The molecule has 0 saturated carbocycles. The maximum atomic E-state index is 5.88. The van der Waals surface area contributed by atoms with E-state index in [0.717, 1.165) is 14.5 Å². The van der Waals surface area contributed by atoms with Gasteiger partial charge in [-0.2, -0.15) is 0 Å². The molecule has 1 aromatic rings. The van der Waals surface area contributed by atoms with Gasteiger partial charge in [0.15, 0.2) is 0 Å². The van der Waals surface area contributed by atoms with E-state index in [1.165, 1.54) is 0 Å². The van der Waals surface area contributed by atoms with E-state index in [1.54, 1.807) is 0 Å². The quantitative estimate of drug-likeness (QED) is 0.834. The maximum absolute atomic E-state index is 5.88. The molecule has 0 radical (unpaired) electrons. The Morgan fingerprint density at radius 2 is 2.15 bits per heavy atom. The molecule has 0 aliphatic carbocycles. The first kappa shape index (κ1) is 10.8. The smallest absolute Gasteiger partial charge is 0.0417 e. The summed E-state index contributed by atoms with van der Waals surface area (Å²) in [6, 6.07) is 5.79. The van der Waals surface area contributed by atoms with Gasteiger partial charge in [-0.15, -0.1) is 12.3 Å². The van der Waals surface area contributed by atoms with Crippen molar-refractivity contribution >= 4 is 31.9 Å². The first-order valence-corrected chi connectivity index (χ1v) is 5.37. The van der Waals surface area contributed by atoms with Crippen LogP contribution in [0.3, 0.4) is 0 Å². The predicted molar refractivity (Wildman–Crippen MR) is 62.2 cm³/mol. The number of hydrogen-bond acceptors (Lipinski definition) is 1. The number of nitrogens with two attached hydrogens (primary N) is 1. The minimum absolute atomic E-state index is 0.100. The highest BCUT2D eigenvalue weighted by atomic mass is 79.9. The highest BCUT2D eigenvalue weighted by molar-refractivity contribution is 9.11. The molecule has 3 heteroatoms. The Kier molecular flexibility index (Phi) is 3.98. The van der Waals surface area contributed by atoms with Crippen molar-refractivity contribution in [1.82, 2.24) is 0 Å². The largest absolute Gasteiger partial charge is 0.323 e. The van der Waals surface area contributed by atoms with Crippen LogP contribution < -0.4 is 5.73 Å². The molecule has 2 N–H and O–H groups in total. The Balaban J connectivity index is 3.00. The van der Waals surface area contributed by atoms with E-state index in [9.17, 15) is 0 Å². The zero-order valence-electron chi connectivity index (χ0n) is 6.93. The second kappa shape index (κ2) is 4.80. The van der Waals surface area contributed by atoms with Gasteiger partial charge in [0.05, 0.1) is 0 Å². The number of halogens is 2. The van der Waals surface area contributed by atoms with Crippen molar-refractivity contribution in [2.45, 2.75) is 12.5 Å². The van der Waals surface area contributed by atoms with Gasteiger partial charge in [-0.25, -0.2) is 0 Å². The van der Waals surface area contributed by atoms with Gasteiger partial charge in [0.1, 0.15) is 0 Å². The van der Waals surface area contributed by atoms with Crippen LogP contribution in [-0.4, -0.2) is 0 Å². The molecule has 0 aromatic heterocycles. The van der Waals surface area contributed by atoms with Crippen molar-refractivity contribution in [2.24, 2.45) is 5.73 Å². The van der Waals surface area contributed by atoms with E-state index in [-0.39, 0.29) is 6.04 Å². The molecule has 1 unspecified atom stereocenters. The Bertz CT molecular complexity index is 341. The summed E-state index contributed by atoms with van der Waals surface area (Å²) in [6.45, 7) is 0. The van der Waals surface area contributed by atoms with Gasteiger partial charge in [0.25, 0.3) is 0 Å². The molecule has 0 aliphatic rings. The van der Waals surface area contributed by atoms with Crippen molar-refractivity contribution < 1.29 is 0 Å². The number of terminal acetylenes is 1. The van der Waals surface area contributed by atoms with Crippen LogP contribution in [0.4, 0.5) is 0 Å². The van der Waals surface area contributed by atoms with Crippen molar-refractivity contribution in [2.75, 3.05) is 0 Å². The average Bonchev–Trinajstić information content (AvgIpc) is 2.09. The number of hydrogen-bond donors (Lipinski definition) is 1. The van der Waals surface area contributed by atoms with Crippen LogP contribution in [-0.2, 0) is 0 Å². The molecule has 0 heterocycles. The third kappa shape index (κ3) is 2.84. The first-order valence-electron chi connectivity index (χ1n) is 3.79. The predicted octanol–water partition coefficient (Wildman–Crippen LogP) is 3.23. The molecule has 1 aromatic carbocycles. The summed E-state index contributed by atoms with van der Waals surface area (Å²) >= 11 is 6.82. The molecule has 1 nitrogen and oxygen atoms in total. The summed E-state index contributed by atoms with van der Waals surface area (Å²) in [5, 5.41) is 0. The molecule has 0 aliphatic heterocycles. The van der Waals surface area contributed by atoms with Crippen molar-refractivity contribution in [3.05, 3.63) is 32.7 Å². The van der Waals surface area contributed by atoms with Gasteiger partial charge in [-0.05, 0) is 23.8 Å². The summed E-state index contributed by atoms with van der Waals surface area (Å²) in [6.07, 6.45) is 5.75. The maximum Gasteiger partial charge on any atom is 0.0417 e. The fraction of sp³-hybridized carbons (Fsp3) is 0.200. The third-order valence-electron chi connectivity index (χ3n) is 1.70. The summed E-state index contributed by atoms with van der Waals surface area (Å²) in [5.41, 5.74) is 6.92. The molecule has 1 atom stereocenters. The fourth-order valence-electron chi connectivity index (χ4n) is 1.04. The Hall–Kier alpha value is -0.300. The minimum Gasteiger partial charge on any atom is -0.323 e. The van der Waals surface area contributed by atoms with E-state index in [1.807, 2.05) is 18.2 Å². The normalized spacial score (nSPS) is 12.2. The van der Waals surface area contributed by atoms with Crippen molar-refractivity contribution in [3.8, 4) is 12.3 Å². The molecule has 13 heavy (non-hydrogen) atoms. The summed E-state index contributed by atoms with van der Waals surface area (Å²) in [5.74, 6) is 2.55. The average molecular weight is 303 g/mol. The van der Waals surface area contributed by atoms with Gasteiger partial charge < -0.3 is 5.73 Å². The zero-order chi connectivity index (χ0) is 9.84. The molecule has 68 valence electrons. The lowest BCUT2D eigenvalue weighted by Crippen LogP contribution is -2.09. The molecule has 1 rings (SSSR count). The molecule has 0 spiro atoms. The topological polar surface area (TPSA) is 26.0 Å². The molecule has 0 amide bonds. The first-order chi connectivity index (χ1) is 6.15. The zero-order valence-corrected chi connectivity index (χ0v) is 10.1. The van der Waals surface area contributed by atoms with Gasteiger partial charge in [-0.3, -0.25) is 0 Å². The summed E-state index contributed by atoms with van der Waals surface area (Å²) in [7, 11) is 0. The summed E-state index contributed by atoms with van der Waals surface area (Å²) in [4.78, 5) is 0. The van der Waals surface area contributed by atoms with Crippen molar-refractivity contribution in [3.63, 3.8) is 0 Å². The summed E-state index contributed by atoms with van der Waals surface area (Å²) < 4.78 is 2.01. The molecule has 0 bridgehead atoms. The minimum atomic E-state index is -0.100. The van der Waals surface area contributed by atoms with Crippen LogP contribution in [0.1, 0.15) is 18.0 Å². The third-order valence-corrected chi connectivity index (χ3v) is 2.91. The van der Waals surface area contributed by atoms with Crippen LogP contribution in [0.25, 0.3) is 0 Å². The van der Waals surface area contributed by atoms with Crippen molar-refractivity contribution in [1.29, 1.82) is 0 Å². The Labute approximate surface area is 95.0 Å². The van der Waals surface area contributed by atoms with Gasteiger partial charge in [0.2, 0.25) is 0 Å². The SMILES string of the molecule is C#CCC(N)c1cc(Br)ccc1Br.